The molecule has 1 saturated carbocycles. The minimum atomic E-state index is -0.975. The Morgan fingerprint density at radius 2 is 1.94 bits per heavy atom. The predicted octanol–water partition coefficient (Wildman–Crippen LogP) is 5.22. The standard InChI is InChI=1S/C24H26ClN3O2S/c1-24(23(30)26-19-5-3-2-4-6-19)15-27-20(13-17-11-12-31-22(17)27)21(29)28(24)14-16-7-9-18(25)10-8-16/h7-13,19H,2-6,14-15H2,1H3,(H,26,30)/t24-/m0/s1. The lowest BCUT2D eigenvalue weighted by Gasteiger charge is -2.44. The molecule has 2 amide bonds. The molecule has 3 heterocycles. The largest absolute Gasteiger partial charge is 0.351 e. The van der Waals surface area contributed by atoms with Gasteiger partial charge in [-0.1, -0.05) is 43.0 Å². The molecule has 1 aliphatic carbocycles. The Morgan fingerprint density at radius 1 is 1.19 bits per heavy atom. The molecular formula is C24H26ClN3O2S. The maximum Gasteiger partial charge on any atom is 0.271 e. The number of aromatic nitrogens is 1. The van der Waals surface area contributed by atoms with Gasteiger partial charge in [0, 0.05) is 23.0 Å². The van der Waals surface area contributed by atoms with Crippen LogP contribution >= 0.6 is 22.9 Å². The van der Waals surface area contributed by atoms with Crippen LogP contribution in [0.15, 0.2) is 41.8 Å². The first kappa shape index (κ1) is 20.6. The van der Waals surface area contributed by atoms with Gasteiger partial charge in [-0.05, 0) is 55.0 Å². The van der Waals surface area contributed by atoms with Gasteiger partial charge in [-0.15, -0.1) is 11.3 Å². The lowest BCUT2D eigenvalue weighted by Crippen LogP contribution is -2.64. The zero-order valence-electron chi connectivity index (χ0n) is 17.6. The van der Waals surface area contributed by atoms with E-state index >= 15 is 0 Å². The fourth-order valence-corrected chi connectivity index (χ4v) is 5.89. The van der Waals surface area contributed by atoms with Crippen molar-refractivity contribution in [3.63, 3.8) is 0 Å². The summed E-state index contributed by atoms with van der Waals surface area (Å²) in [7, 11) is 0. The Morgan fingerprint density at radius 3 is 2.68 bits per heavy atom. The number of nitrogens with one attached hydrogen (secondary N) is 1. The molecule has 0 spiro atoms. The van der Waals surface area contributed by atoms with Gasteiger partial charge >= 0.3 is 0 Å². The number of rotatable bonds is 4. The normalized spacial score (nSPS) is 22.0. The SMILES string of the molecule is C[C@@]1(C(=O)NC2CCCCC2)Cn2c(cc3ccsc32)C(=O)N1Cc1ccc(Cl)cc1. The van der Waals surface area contributed by atoms with Crippen molar-refractivity contribution in [3.8, 4) is 0 Å². The smallest absolute Gasteiger partial charge is 0.271 e. The monoisotopic (exact) mass is 455 g/mol. The van der Waals surface area contributed by atoms with Gasteiger partial charge in [0.25, 0.3) is 5.91 Å². The Hall–Kier alpha value is -2.31. The maximum atomic E-state index is 13.7. The second kappa shape index (κ2) is 7.99. The maximum absolute atomic E-state index is 13.7. The number of amides is 2. The summed E-state index contributed by atoms with van der Waals surface area (Å²) < 4.78 is 2.03. The van der Waals surface area contributed by atoms with Gasteiger partial charge in [-0.25, -0.2) is 0 Å². The molecular weight excluding hydrogens is 430 g/mol. The molecule has 3 aromatic rings. The van der Waals surface area contributed by atoms with Gasteiger partial charge in [0.2, 0.25) is 5.91 Å². The molecule has 0 saturated heterocycles. The second-order valence-corrected chi connectivity index (χ2v) is 10.2. The van der Waals surface area contributed by atoms with Crippen molar-refractivity contribution in [1.29, 1.82) is 0 Å². The van der Waals surface area contributed by atoms with Crippen LogP contribution in [-0.4, -0.2) is 32.9 Å². The summed E-state index contributed by atoms with van der Waals surface area (Å²) in [5.74, 6) is -0.170. The predicted molar refractivity (Wildman–Crippen MR) is 125 cm³/mol. The number of halogens is 1. The molecule has 31 heavy (non-hydrogen) atoms. The molecule has 1 fully saturated rings. The number of thiophene rings is 1. The van der Waals surface area contributed by atoms with E-state index in [4.69, 9.17) is 11.6 Å². The summed E-state index contributed by atoms with van der Waals surface area (Å²) in [5, 5.41) is 7.01. The van der Waals surface area contributed by atoms with E-state index in [2.05, 4.69) is 5.32 Å². The first-order valence-corrected chi connectivity index (χ1v) is 12.2. The lowest BCUT2D eigenvalue weighted by molar-refractivity contribution is -0.134. The third-order valence-electron chi connectivity index (χ3n) is 6.71. The van der Waals surface area contributed by atoms with Crippen molar-refractivity contribution in [2.24, 2.45) is 0 Å². The number of carbonyl (C=O) groups excluding carboxylic acids is 2. The van der Waals surface area contributed by atoms with Crippen molar-refractivity contribution in [3.05, 3.63) is 58.1 Å². The lowest BCUT2D eigenvalue weighted by atomic mass is 9.91. The van der Waals surface area contributed by atoms with Crippen LogP contribution in [0.4, 0.5) is 0 Å². The van der Waals surface area contributed by atoms with E-state index in [9.17, 15) is 9.59 Å². The number of fused-ring (bicyclic) bond motifs is 3. The number of nitrogens with zero attached hydrogens (tertiary/aromatic N) is 2. The molecule has 2 aromatic heterocycles. The number of hydrogen-bond donors (Lipinski definition) is 1. The summed E-state index contributed by atoms with van der Waals surface area (Å²) in [6.07, 6.45) is 5.54. The molecule has 5 rings (SSSR count). The van der Waals surface area contributed by atoms with E-state index < -0.39 is 5.54 Å². The highest BCUT2D eigenvalue weighted by molar-refractivity contribution is 7.16. The first-order chi connectivity index (χ1) is 15.0. The molecule has 1 atom stereocenters. The second-order valence-electron chi connectivity index (χ2n) is 8.90. The number of hydrogen-bond acceptors (Lipinski definition) is 3. The fraction of sp³-hybridized carbons (Fsp3) is 0.417. The van der Waals surface area contributed by atoms with Gasteiger partial charge in [-0.2, -0.15) is 0 Å². The van der Waals surface area contributed by atoms with E-state index in [1.54, 1.807) is 16.2 Å². The summed E-state index contributed by atoms with van der Waals surface area (Å²) in [5.41, 5.74) is 0.631. The molecule has 162 valence electrons. The summed E-state index contributed by atoms with van der Waals surface area (Å²) in [6.45, 7) is 2.72. The third kappa shape index (κ3) is 3.66. The van der Waals surface area contributed by atoms with Crippen molar-refractivity contribution in [2.45, 2.75) is 63.7 Å². The minimum absolute atomic E-state index is 0.0641. The number of benzene rings is 1. The molecule has 2 aliphatic rings. The van der Waals surface area contributed by atoms with Crippen molar-refractivity contribution in [2.75, 3.05) is 0 Å². The molecule has 0 unspecified atom stereocenters. The Bertz CT molecular complexity index is 1130. The van der Waals surface area contributed by atoms with Gasteiger partial charge in [0.05, 0.1) is 6.54 Å². The molecule has 1 aliphatic heterocycles. The summed E-state index contributed by atoms with van der Waals surface area (Å²) in [6, 6.07) is 11.6. The van der Waals surface area contributed by atoms with Crippen LogP contribution in [-0.2, 0) is 17.9 Å². The Labute approximate surface area is 191 Å². The molecule has 1 aromatic carbocycles. The van der Waals surface area contributed by atoms with Crippen molar-refractivity contribution < 1.29 is 9.59 Å². The average Bonchev–Trinajstić information content (AvgIpc) is 3.36. The van der Waals surface area contributed by atoms with Gasteiger partial charge < -0.3 is 14.8 Å². The third-order valence-corrected chi connectivity index (χ3v) is 7.92. The number of carbonyl (C=O) groups is 2. The summed E-state index contributed by atoms with van der Waals surface area (Å²) in [4.78, 5) is 30.1. The highest BCUT2D eigenvalue weighted by Gasteiger charge is 2.48. The summed E-state index contributed by atoms with van der Waals surface area (Å²) >= 11 is 7.66. The minimum Gasteiger partial charge on any atom is -0.351 e. The molecule has 1 N–H and O–H groups in total. The van der Waals surface area contributed by atoms with Crippen LogP contribution < -0.4 is 5.32 Å². The highest BCUT2D eigenvalue weighted by atomic mass is 35.5. The molecule has 5 nitrogen and oxygen atoms in total. The van der Waals surface area contributed by atoms with E-state index in [0.29, 0.717) is 23.8 Å². The quantitative estimate of drug-likeness (QED) is 0.586. The van der Waals surface area contributed by atoms with E-state index in [1.807, 2.05) is 53.3 Å². The van der Waals surface area contributed by atoms with E-state index in [-0.39, 0.29) is 17.9 Å². The Kier molecular flexibility index (Phi) is 5.30. The van der Waals surface area contributed by atoms with E-state index in [1.165, 1.54) is 6.42 Å². The topological polar surface area (TPSA) is 54.3 Å². The van der Waals surface area contributed by atoms with Crippen molar-refractivity contribution >= 4 is 45.0 Å². The van der Waals surface area contributed by atoms with Crippen LogP contribution in [0, 0.1) is 0 Å². The van der Waals surface area contributed by atoms with Gasteiger partial charge in [-0.3, -0.25) is 9.59 Å². The Balaban J connectivity index is 1.52. The average molecular weight is 456 g/mol. The van der Waals surface area contributed by atoms with Crippen LogP contribution in [0.2, 0.25) is 5.02 Å². The van der Waals surface area contributed by atoms with E-state index in [0.717, 1.165) is 41.5 Å². The van der Waals surface area contributed by atoms with Crippen LogP contribution in [0.5, 0.6) is 0 Å². The fourth-order valence-electron chi connectivity index (χ4n) is 4.87. The zero-order chi connectivity index (χ0) is 21.6. The van der Waals surface area contributed by atoms with Crippen LogP contribution in [0.3, 0.4) is 0 Å². The molecule has 0 bridgehead atoms. The van der Waals surface area contributed by atoms with Crippen LogP contribution in [0.1, 0.15) is 55.1 Å². The van der Waals surface area contributed by atoms with Gasteiger partial charge in [0.1, 0.15) is 16.1 Å². The molecule has 0 radical (unpaired) electrons. The van der Waals surface area contributed by atoms with Gasteiger partial charge in [0.15, 0.2) is 0 Å². The van der Waals surface area contributed by atoms with Crippen molar-refractivity contribution in [1.82, 2.24) is 14.8 Å². The van der Waals surface area contributed by atoms with Crippen LogP contribution in [0.25, 0.3) is 10.2 Å². The first-order valence-electron chi connectivity index (χ1n) is 10.9. The zero-order valence-corrected chi connectivity index (χ0v) is 19.1. The molecule has 7 heteroatoms. The highest BCUT2D eigenvalue weighted by Crippen LogP contribution is 2.35.